The van der Waals surface area contributed by atoms with Crippen molar-refractivity contribution >= 4 is 33.3 Å². The first kappa shape index (κ1) is 19.4. The smallest absolute Gasteiger partial charge is 0.354 e. The van der Waals surface area contributed by atoms with Crippen LogP contribution in [0.3, 0.4) is 0 Å². The molecule has 1 atom stereocenters. The largest absolute Gasteiger partial charge is 0.393 e. The van der Waals surface area contributed by atoms with Crippen molar-refractivity contribution in [3.63, 3.8) is 0 Å². The van der Waals surface area contributed by atoms with Gasteiger partial charge in [0.25, 0.3) is 0 Å². The third kappa shape index (κ3) is 3.43. The Morgan fingerprint density at radius 3 is 2.57 bits per heavy atom. The number of amides is 1. The van der Waals surface area contributed by atoms with Gasteiger partial charge in [-0.3, -0.25) is 4.79 Å². The van der Waals surface area contributed by atoms with Crippen molar-refractivity contribution in [1.82, 2.24) is 14.9 Å². The molecule has 0 aliphatic carbocycles. The van der Waals surface area contributed by atoms with Crippen LogP contribution >= 0.6 is 11.3 Å². The zero-order valence-electron chi connectivity index (χ0n) is 15.7. The molecule has 1 spiro atoms. The average Bonchev–Trinajstić information content (AvgIpc) is 2.91. The molecule has 10 heteroatoms. The predicted molar refractivity (Wildman–Crippen MR) is 101 cm³/mol. The number of fused-ring (bicyclic) bond motifs is 1. The SMILES string of the molecule is CC(C)C(N)C(=O)N1CC2(C1)CN(c1ncnc3sc(CC(F)(F)F)cc13)C2. The second-order valence-corrected chi connectivity index (χ2v) is 9.36. The number of thiophene rings is 1. The molecule has 1 amide bonds. The van der Waals surface area contributed by atoms with Gasteiger partial charge >= 0.3 is 6.18 Å². The molecular weight excluding hydrogens is 391 g/mol. The first-order valence-corrected chi connectivity index (χ1v) is 9.98. The molecule has 4 heterocycles. The number of nitrogens with zero attached hydrogens (tertiary/aromatic N) is 4. The number of aromatic nitrogens is 2. The van der Waals surface area contributed by atoms with Crippen LogP contribution in [0.2, 0.25) is 0 Å². The first-order valence-electron chi connectivity index (χ1n) is 9.16. The Hall–Kier alpha value is -1.94. The lowest BCUT2D eigenvalue weighted by Gasteiger charge is -2.60. The molecule has 28 heavy (non-hydrogen) atoms. The van der Waals surface area contributed by atoms with E-state index in [9.17, 15) is 18.0 Å². The van der Waals surface area contributed by atoms with Crippen molar-refractivity contribution in [1.29, 1.82) is 0 Å². The molecule has 0 saturated carbocycles. The number of hydrogen-bond donors (Lipinski definition) is 1. The summed E-state index contributed by atoms with van der Waals surface area (Å²) in [6, 6.07) is 1.07. The number of rotatable bonds is 4. The van der Waals surface area contributed by atoms with E-state index >= 15 is 0 Å². The second-order valence-electron chi connectivity index (χ2n) is 8.24. The van der Waals surface area contributed by atoms with Gasteiger partial charge in [-0.05, 0) is 12.0 Å². The van der Waals surface area contributed by atoms with Gasteiger partial charge in [0.15, 0.2) is 0 Å². The Kier molecular flexibility index (Phi) is 4.53. The van der Waals surface area contributed by atoms with Crippen LogP contribution in [0.4, 0.5) is 19.0 Å². The lowest BCUT2D eigenvalue weighted by atomic mass is 9.72. The van der Waals surface area contributed by atoms with E-state index in [1.165, 1.54) is 6.33 Å². The molecule has 2 aromatic heterocycles. The molecule has 0 aromatic carbocycles. The van der Waals surface area contributed by atoms with E-state index in [0.717, 1.165) is 24.4 Å². The quantitative estimate of drug-likeness (QED) is 0.833. The number of likely N-dealkylation sites (tertiary alicyclic amines) is 1. The van der Waals surface area contributed by atoms with Gasteiger partial charge in [-0.15, -0.1) is 11.3 Å². The van der Waals surface area contributed by atoms with Crippen LogP contribution in [0.1, 0.15) is 18.7 Å². The minimum atomic E-state index is -4.24. The van der Waals surface area contributed by atoms with E-state index in [4.69, 9.17) is 5.73 Å². The third-order valence-electron chi connectivity index (χ3n) is 5.45. The van der Waals surface area contributed by atoms with Crippen LogP contribution in [-0.4, -0.2) is 59.2 Å². The maximum Gasteiger partial charge on any atom is 0.393 e. The van der Waals surface area contributed by atoms with Crippen molar-refractivity contribution in [3.05, 3.63) is 17.3 Å². The Balaban J connectivity index is 1.43. The number of nitrogens with two attached hydrogens (primary N) is 1. The fourth-order valence-electron chi connectivity index (χ4n) is 3.96. The topological polar surface area (TPSA) is 75.4 Å². The summed E-state index contributed by atoms with van der Waals surface area (Å²) in [5.74, 6) is 0.753. The van der Waals surface area contributed by atoms with Crippen LogP contribution in [0.25, 0.3) is 10.2 Å². The lowest BCUT2D eigenvalue weighted by Crippen LogP contribution is -2.74. The lowest BCUT2D eigenvalue weighted by molar-refractivity contribution is -0.147. The summed E-state index contributed by atoms with van der Waals surface area (Å²) < 4.78 is 38.1. The van der Waals surface area contributed by atoms with Gasteiger partial charge in [-0.25, -0.2) is 9.97 Å². The van der Waals surface area contributed by atoms with Crippen molar-refractivity contribution < 1.29 is 18.0 Å². The molecule has 2 saturated heterocycles. The van der Waals surface area contributed by atoms with E-state index in [0.29, 0.717) is 29.1 Å². The van der Waals surface area contributed by atoms with Crippen molar-refractivity contribution in [2.24, 2.45) is 17.1 Å². The molecule has 2 N–H and O–H groups in total. The zero-order chi connectivity index (χ0) is 20.3. The van der Waals surface area contributed by atoms with Gasteiger partial charge in [0.05, 0.1) is 17.8 Å². The van der Waals surface area contributed by atoms with Crippen LogP contribution < -0.4 is 10.6 Å². The van der Waals surface area contributed by atoms with E-state index in [1.54, 1.807) is 11.0 Å². The van der Waals surface area contributed by atoms with Gasteiger partial charge in [0.1, 0.15) is 17.0 Å². The second kappa shape index (κ2) is 6.55. The van der Waals surface area contributed by atoms with Gasteiger partial charge in [0.2, 0.25) is 5.91 Å². The molecule has 0 bridgehead atoms. The van der Waals surface area contributed by atoms with Crippen LogP contribution in [0.5, 0.6) is 0 Å². The Morgan fingerprint density at radius 1 is 1.29 bits per heavy atom. The number of anilines is 1. The summed E-state index contributed by atoms with van der Waals surface area (Å²) in [5, 5.41) is 0.663. The van der Waals surface area contributed by atoms with Crippen LogP contribution in [-0.2, 0) is 11.2 Å². The summed E-state index contributed by atoms with van der Waals surface area (Å²) in [6.07, 6.45) is -3.80. The maximum absolute atomic E-state index is 12.7. The number of halogens is 3. The predicted octanol–water partition coefficient (Wildman–Crippen LogP) is 2.43. The number of alkyl halides is 3. The number of carbonyl (C=O) groups excluding carboxylic acids is 1. The standard InChI is InChI=1S/C18H22F3N5OS/c1-10(2)13(22)16(27)26-7-17(8-26)5-25(6-17)14-12-3-11(4-18(19,20)21)28-15(12)24-9-23-14/h3,9-10,13H,4-8,22H2,1-2H3. The molecule has 4 rings (SSSR count). The van der Waals surface area contributed by atoms with Gasteiger partial charge in [-0.2, -0.15) is 13.2 Å². The fourth-order valence-corrected chi connectivity index (χ4v) is 4.98. The van der Waals surface area contributed by atoms with Gasteiger partial charge < -0.3 is 15.5 Å². The molecule has 1 unspecified atom stereocenters. The fraction of sp³-hybridized carbons (Fsp3) is 0.611. The minimum Gasteiger partial charge on any atom is -0.354 e. The molecule has 2 aliphatic heterocycles. The number of hydrogen-bond acceptors (Lipinski definition) is 6. The average molecular weight is 413 g/mol. The molecule has 2 fully saturated rings. The van der Waals surface area contributed by atoms with E-state index in [-0.39, 0.29) is 22.1 Å². The highest BCUT2D eigenvalue weighted by Gasteiger charge is 2.54. The monoisotopic (exact) mass is 413 g/mol. The van der Waals surface area contributed by atoms with E-state index in [2.05, 4.69) is 14.9 Å². The Morgan fingerprint density at radius 2 is 1.96 bits per heavy atom. The zero-order valence-corrected chi connectivity index (χ0v) is 16.5. The highest BCUT2D eigenvalue weighted by Crippen LogP contribution is 2.44. The molecule has 0 radical (unpaired) electrons. The van der Waals surface area contributed by atoms with Crippen LogP contribution in [0.15, 0.2) is 12.4 Å². The van der Waals surface area contributed by atoms with E-state index in [1.807, 2.05) is 13.8 Å². The summed E-state index contributed by atoms with van der Waals surface area (Å²) in [5.41, 5.74) is 5.98. The highest BCUT2D eigenvalue weighted by molar-refractivity contribution is 7.18. The normalized spacial score (nSPS) is 19.8. The summed E-state index contributed by atoms with van der Waals surface area (Å²) in [7, 11) is 0. The van der Waals surface area contributed by atoms with E-state index < -0.39 is 18.6 Å². The molecule has 2 aliphatic rings. The first-order chi connectivity index (χ1) is 13.1. The minimum absolute atomic E-state index is 0.0156. The molecule has 2 aromatic rings. The number of carbonyl (C=O) groups is 1. The molecule has 152 valence electrons. The summed E-state index contributed by atoms with van der Waals surface area (Å²) >= 11 is 1.06. The van der Waals surface area contributed by atoms with Gasteiger partial charge in [-0.1, -0.05) is 13.8 Å². The van der Waals surface area contributed by atoms with Crippen molar-refractivity contribution in [2.45, 2.75) is 32.5 Å². The molecular formula is C18H22F3N5OS. The van der Waals surface area contributed by atoms with Gasteiger partial charge in [0, 0.05) is 36.5 Å². The Bertz CT molecular complexity index is 898. The Labute approximate surface area is 164 Å². The highest BCUT2D eigenvalue weighted by atomic mass is 32.1. The third-order valence-corrected chi connectivity index (χ3v) is 6.50. The maximum atomic E-state index is 12.7. The van der Waals surface area contributed by atoms with Crippen molar-refractivity contribution in [3.8, 4) is 0 Å². The summed E-state index contributed by atoms with van der Waals surface area (Å²) in [6.45, 7) is 6.64. The molecule has 6 nitrogen and oxygen atoms in total. The summed E-state index contributed by atoms with van der Waals surface area (Å²) in [4.78, 5) is 25.4. The van der Waals surface area contributed by atoms with Crippen LogP contribution in [0, 0.1) is 11.3 Å². The van der Waals surface area contributed by atoms with Crippen molar-refractivity contribution in [2.75, 3.05) is 31.1 Å².